The molecule has 0 fully saturated rings. The van der Waals surface area contributed by atoms with Gasteiger partial charge < -0.3 is 15.1 Å². The third kappa shape index (κ3) is 2.76. The second-order valence-electron chi connectivity index (χ2n) is 6.60. The van der Waals surface area contributed by atoms with Gasteiger partial charge in [0.05, 0.1) is 18.6 Å². The minimum atomic E-state index is -0.401. The molecule has 0 unspecified atom stereocenters. The number of hydrogen-bond acceptors (Lipinski definition) is 7. The molecule has 1 aliphatic carbocycles. The van der Waals surface area contributed by atoms with Gasteiger partial charge in [0.15, 0.2) is 5.65 Å². The Labute approximate surface area is 154 Å². The lowest BCUT2D eigenvalue weighted by molar-refractivity contribution is 0.0673. The summed E-state index contributed by atoms with van der Waals surface area (Å²) in [6.45, 7) is 2.13. The van der Waals surface area contributed by atoms with Crippen molar-refractivity contribution in [2.45, 2.75) is 32.1 Å². The molecule has 4 rings (SSSR count). The molecule has 138 valence electrons. The molecule has 0 saturated heterocycles. The first-order valence-corrected chi connectivity index (χ1v) is 9.63. The van der Waals surface area contributed by atoms with Crippen LogP contribution in [0.3, 0.4) is 0 Å². The van der Waals surface area contributed by atoms with Gasteiger partial charge in [-0.1, -0.05) is 6.92 Å². The van der Waals surface area contributed by atoms with E-state index < -0.39 is 5.91 Å². The molecular formula is C17H21N5O3S. The maximum absolute atomic E-state index is 12.7. The fourth-order valence-corrected chi connectivity index (χ4v) is 4.97. The molecule has 0 bridgehead atoms. The first-order chi connectivity index (χ1) is 12.6. The van der Waals surface area contributed by atoms with Crippen molar-refractivity contribution in [3.05, 3.63) is 22.6 Å². The Bertz CT molecular complexity index is 960. The van der Waals surface area contributed by atoms with Gasteiger partial charge in [0.2, 0.25) is 5.82 Å². The minimum absolute atomic E-state index is 0.0598. The van der Waals surface area contributed by atoms with E-state index in [1.165, 1.54) is 21.8 Å². The van der Waals surface area contributed by atoms with Gasteiger partial charge in [-0.3, -0.25) is 4.79 Å². The molecule has 2 N–H and O–H groups in total. The second-order valence-corrected chi connectivity index (χ2v) is 7.68. The summed E-state index contributed by atoms with van der Waals surface area (Å²) in [6.07, 6.45) is 4.98. The molecule has 8 nitrogen and oxygen atoms in total. The molecule has 0 aliphatic heterocycles. The van der Waals surface area contributed by atoms with Gasteiger partial charge in [-0.05, 0) is 30.7 Å². The summed E-state index contributed by atoms with van der Waals surface area (Å²) in [7, 11) is 0. The first-order valence-electron chi connectivity index (χ1n) is 8.81. The predicted molar refractivity (Wildman–Crippen MR) is 97.6 cm³/mol. The monoisotopic (exact) mass is 375 g/mol. The van der Waals surface area contributed by atoms with Crippen LogP contribution >= 0.6 is 11.3 Å². The van der Waals surface area contributed by atoms with Crippen LogP contribution in [0.2, 0.25) is 0 Å². The number of nitrogens with zero attached hydrogens (tertiary/aromatic N) is 5. The van der Waals surface area contributed by atoms with Gasteiger partial charge in [0, 0.05) is 18.0 Å². The fourth-order valence-electron chi connectivity index (χ4n) is 3.67. The second kappa shape index (κ2) is 6.90. The number of aromatic nitrogens is 4. The predicted octanol–water partition coefficient (Wildman–Crippen LogP) is 1.21. The zero-order chi connectivity index (χ0) is 18.3. The van der Waals surface area contributed by atoms with E-state index in [1.54, 1.807) is 22.2 Å². The minimum Gasteiger partial charge on any atom is -0.395 e. The fraction of sp³-hybridized carbons (Fsp3) is 0.529. The number of aliphatic hydroxyl groups excluding tert-OH is 2. The Kier molecular flexibility index (Phi) is 4.60. The van der Waals surface area contributed by atoms with Crippen LogP contribution in [-0.4, -0.2) is 66.9 Å². The maximum Gasteiger partial charge on any atom is 0.293 e. The van der Waals surface area contributed by atoms with Gasteiger partial charge in [0.1, 0.15) is 11.2 Å². The molecular weight excluding hydrogens is 354 g/mol. The third-order valence-corrected chi connectivity index (χ3v) is 6.07. The Morgan fingerprint density at radius 2 is 2.15 bits per heavy atom. The van der Waals surface area contributed by atoms with E-state index in [9.17, 15) is 4.79 Å². The Morgan fingerprint density at radius 1 is 1.38 bits per heavy atom. The highest BCUT2D eigenvalue weighted by atomic mass is 32.1. The summed E-state index contributed by atoms with van der Waals surface area (Å²) < 4.78 is 1.56. The van der Waals surface area contributed by atoms with Crippen molar-refractivity contribution in [2.24, 2.45) is 0 Å². The molecule has 1 aliphatic rings. The van der Waals surface area contributed by atoms with Crippen LogP contribution in [0.1, 0.15) is 46.7 Å². The van der Waals surface area contributed by atoms with Gasteiger partial charge >= 0.3 is 0 Å². The molecule has 1 amide bonds. The normalized spacial score (nSPS) is 17.0. The van der Waals surface area contributed by atoms with Crippen LogP contribution in [0.25, 0.3) is 15.9 Å². The lowest BCUT2D eigenvalue weighted by atomic mass is 9.87. The number of amides is 1. The van der Waals surface area contributed by atoms with E-state index in [1.807, 2.05) is 0 Å². The van der Waals surface area contributed by atoms with Crippen molar-refractivity contribution in [3.63, 3.8) is 0 Å². The van der Waals surface area contributed by atoms with Crippen molar-refractivity contribution in [1.82, 2.24) is 24.5 Å². The van der Waals surface area contributed by atoms with Crippen LogP contribution in [0.4, 0.5) is 0 Å². The number of carbonyl (C=O) groups excluding carboxylic acids is 1. The number of aliphatic hydroxyl groups is 2. The Balaban J connectivity index is 1.83. The number of rotatable bonds is 5. The lowest BCUT2D eigenvalue weighted by Gasteiger charge is -2.18. The average Bonchev–Trinajstić information content (AvgIpc) is 3.22. The van der Waals surface area contributed by atoms with E-state index in [4.69, 9.17) is 10.2 Å². The Morgan fingerprint density at radius 3 is 2.88 bits per heavy atom. The van der Waals surface area contributed by atoms with Crippen molar-refractivity contribution >= 4 is 33.1 Å². The maximum atomic E-state index is 12.7. The van der Waals surface area contributed by atoms with Crippen molar-refractivity contribution in [3.8, 4) is 0 Å². The number of carbonyl (C=O) groups is 1. The summed E-state index contributed by atoms with van der Waals surface area (Å²) >= 11 is 1.70. The molecule has 1 atom stereocenters. The molecule has 0 aromatic carbocycles. The van der Waals surface area contributed by atoms with Crippen LogP contribution in [0.5, 0.6) is 0 Å². The molecule has 26 heavy (non-hydrogen) atoms. The summed E-state index contributed by atoms with van der Waals surface area (Å²) in [5, 5.41) is 23.6. The molecule has 0 radical (unpaired) electrons. The smallest absolute Gasteiger partial charge is 0.293 e. The van der Waals surface area contributed by atoms with Crippen LogP contribution in [-0.2, 0) is 6.42 Å². The molecule has 3 heterocycles. The first kappa shape index (κ1) is 17.3. The highest BCUT2D eigenvalue weighted by Crippen LogP contribution is 2.42. The zero-order valence-corrected chi connectivity index (χ0v) is 15.4. The third-order valence-electron chi connectivity index (χ3n) is 4.89. The summed E-state index contributed by atoms with van der Waals surface area (Å²) in [5.74, 6) is 0.100. The van der Waals surface area contributed by atoms with Crippen molar-refractivity contribution < 1.29 is 15.0 Å². The number of fused-ring (bicyclic) bond motifs is 5. The summed E-state index contributed by atoms with van der Waals surface area (Å²) in [4.78, 5) is 25.3. The highest BCUT2D eigenvalue weighted by Gasteiger charge is 2.27. The van der Waals surface area contributed by atoms with E-state index in [0.717, 1.165) is 23.1 Å². The van der Waals surface area contributed by atoms with Gasteiger partial charge in [-0.15, -0.1) is 16.4 Å². The van der Waals surface area contributed by atoms with E-state index >= 15 is 0 Å². The molecule has 3 aromatic rings. The highest BCUT2D eigenvalue weighted by molar-refractivity contribution is 7.19. The van der Waals surface area contributed by atoms with Gasteiger partial charge in [-0.25, -0.2) is 14.5 Å². The standard InChI is InChI=1S/C17H21N5O3S/c1-10-3-2-4-11-12(10)13-15-19-14(17(25)21(5-7-23)6-8-24)20-22(15)9-18-16(13)26-11/h9-10,23-24H,2-8H2,1H3/t10-/m0/s1. The molecule has 9 heteroatoms. The number of thiophene rings is 1. The van der Waals surface area contributed by atoms with Crippen molar-refractivity contribution in [1.29, 1.82) is 0 Å². The molecule has 0 spiro atoms. The van der Waals surface area contributed by atoms with Gasteiger partial charge in [-0.2, -0.15) is 0 Å². The lowest BCUT2D eigenvalue weighted by Crippen LogP contribution is -2.36. The van der Waals surface area contributed by atoms with Crippen molar-refractivity contribution in [2.75, 3.05) is 26.3 Å². The summed E-state index contributed by atoms with van der Waals surface area (Å²) in [5.41, 5.74) is 1.95. The quantitative estimate of drug-likeness (QED) is 0.695. The van der Waals surface area contributed by atoms with E-state index in [-0.39, 0.29) is 32.1 Å². The Hall–Kier alpha value is -2.10. The zero-order valence-electron chi connectivity index (χ0n) is 14.6. The van der Waals surface area contributed by atoms with Crippen LogP contribution < -0.4 is 0 Å². The van der Waals surface area contributed by atoms with E-state index in [0.29, 0.717) is 11.6 Å². The topological polar surface area (TPSA) is 104 Å². The number of hydrogen-bond donors (Lipinski definition) is 2. The molecule has 3 aromatic heterocycles. The average molecular weight is 375 g/mol. The largest absolute Gasteiger partial charge is 0.395 e. The SMILES string of the molecule is C[C@H]1CCCc2sc3ncn4nc(C(=O)N(CCO)CCO)nc4c3c21. The summed E-state index contributed by atoms with van der Waals surface area (Å²) in [6, 6.07) is 0. The number of aryl methyl sites for hydroxylation is 1. The molecule has 0 saturated carbocycles. The van der Waals surface area contributed by atoms with Gasteiger partial charge in [0.25, 0.3) is 5.91 Å². The van der Waals surface area contributed by atoms with E-state index in [2.05, 4.69) is 22.0 Å². The van der Waals surface area contributed by atoms with Crippen LogP contribution in [0, 0.1) is 0 Å². The van der Waals surface area contributed by atoms with Crippen LogP contribution in [0.15, 0.2) is 6.33 Å².